The standard InChI is InChI=1S/C21H32N2O.ClH/c1-14-7-9-18(10-8-14)21(2,3)13-23-20(24)17-11-15-5-4-6-16(12-17)19(15)22;/h7-10,15-17,19H,4-6,11-13,22H2,1-3H3,(H,23,24);1H. The van der Waals surface area contributed by atoms with Crippen molar-refractivity contribution in [2.24, 2.45) is 23.5 Å². The molecule has 1 aromatic carbocycles. The van der Waals surface area contributed by atoms with E-state index in [9.17, 15) is 4.79 Å². The highest BCUT2D eigenvalue weighted by atomic mass is 35.5. The SMILES string of the molecule is Cc1ccc(C(C)(C)CNC(=O)C2CC3CCCC(C2)C3N)cc1.Cl. The molecule has 0 spiro atoms. The summed E-state index contributed by atoms with van der Waals surface area (Å²) in [6.07, 6.45) is 5.66. The summed E-state index contributed by atoms with van der Waals surface area (Å²) in [6, 6.07) is 8.95. The van der Waals surface area contributed by atoms with Crippen molar-refractivity contribution in [1.29, 1.82) is 0 Å². The highest BCUT2D eigenvalue weighted by Crippen LogP contribution is 2.41. The number of amides is 1. The van der Waals surface area contributed by atoms with Crippen LogP contribution in [0.4, 0.5) is 0 Å². The smallest absolute Gasteiger partial charge is 0.223 e. The van der Waals surface area contributed by atoms with Gasteiger partial charge in [-0.3, -0.25) is 4.79 Å². The van der Waals surface area contributed by atoms with Gasteiger partial charge in [0.15, 0.2) is 0 Å². The Morgan fingerprint density at radius 3 is 2.28 bits per heavy atom. The van der Waals surface area contributed by atoms with Crippen molar-refractivity contribution < 1.29 is 4.79 Å². The summed E-state index contributed by atoms with van der Waals surface area (Å²) >= 11 is 0. The lowest BCUT2D eigenvalue weighted by molar-refractivity contribution is -0.128. The van der Waals surface area contributed by atoms with E-state index in [1.54, 1.807) is 0 Å². The zero-order valence-corrected chi connectivity index (χ0v) is 16.6. The van der Waals surface area contributed by atoms with Gasteiger partial charge in [0.1, 0.15) is 0 Å². The lowest BCUT2D eigenvalue weighted by atomic mass is 9.65. The van der Waals surface area contributed by atoms with Gasteiger partial charge in [-0.25, -0.2) is 0 Å². The zero-order valence-electron chi connectivity index (χ0n) is 15.8. The number of hydrogen-bond acceptors (Lipinski definition) is 2. The van der Waals surface area contributed by atoms with Crippen molar-refractivity contribution in [3.05, 3.63) is 35.4 Å². The fourth-order valence-electron chi connectivity index (χ4n) is 4.56. The number of carbonyl (C=O) groups is 1. The molecule has 2 atom stereocenters. The van der Waals surface area contributed by atoms with Crippen molar-refractivity contribution in [3.8, 4) is 0 Å². The number of carbonyl (C=O) groups excluding carboxylic acids is 1. The second kappa shape index (κ2) is 8.09. The Hall–Kier alpha value is -1.06. The van der Waals surface area contributed by atoms with Crippen LogP contribution in [-0.2, 0) is 10.2 Å². The van der Waals surface area contributed by atoms with E-state index in [0.717, 1.165) is 12.8 Å². The Labute approximate surface area is 158 Å². The van der Waals surface area contributed by atoms with Crippen LogP contribution in [-0.4, -0.2) is 18.5 Å². The van der Waals surface area contributed by atoms with Gasteiger partial charge in [0.05, 0.1) is 0 Å². The van der Waals surface area contributed by atoms with Gasteiger partial charge < -0.3 is 11.1 Å². The van der Waals surface area contributed by atoms with E-state index in [4.69, 9.17) is 5.73 Å². The monoisotopic (exact) mass is 364 g/mol. The molecule has 3 nitrogen and oxygen atoms in total. The second-order valence-corrected chi connectivity index (χ2v) is 8.66. The molecule has 2 aliphatic carbocycles. The van der Waals surface area contributed by atoms with Crippen LogP contribution in [0.15, 0.2) is 24.3 Å². The molecule has 1 amide bonds. The summed E-state index contributed by atoms with van der Waals surface area (Å²) in [5.74, 6) is 1.50. The molecule has 0 aliphatic heterocycles. The van der Waals surface area contributed by atoms with Crippen molar-refractivity contribution in [1.82, 2.24) is 5.32 Å². The predicted octanol–water partition coefficient (Wildman–Crippen LogP) is 3.96. The maximum Gasteiger partial charge on any atom is 0.223 e. The van der Waals surface area contributed by atoms with Crippen LogP contribution >= 0.6 is 12.4 Å². The Balaban J connectivity index is 0.00000225. The molecule has 3 rings (SSSR count). The molecule has 0 aromatic heterocycles. The Morgan fingerprint density at radius 1 is 1.16 bits per heavy atom. The van der Waals surface area contributed by atoms with Gasteiger partial charge in [-0.1, -0.05) is 50.1 Å². The fraction of sp³-hybridized carbons (Fsp3) is 0.667. The highest BCUT2D eigenvalue weighted by molar-refractivity contribution is 5.85. The number of nitrogens with two attached hydrogens (primary N) is 1. The van der Waals surface area contributed by atoms with Gasteiger partial charge in [0, 0.05) is 23.9 Å². The number of halogens is 1. The lowest BCUT2D eigenvalue weighted by Gasteiger charge is -2.43. The minimum Gasteiger partial charge on any atom is -0.355 e. The Bertz CT molecular complexity index is 570. The molecule has 2 bridgehead atoms. The maximum absolute atomic E-state index is 12.7. The van der Waals surface area contributed by atoms with Crippen LogP contribution in [0.25, 0.3) is 0 Å². The topological polar surface area (TPSA) is 55.1 Å². The van der Waals surface area contributed by atoms with Crippen molar-refractivity contribution in [2.45, 2.75) is 64.3 Å². The number of aryl methyl sites for hydroxylation is 1. The van der Waals surface area contributed by atoms with Gasteiger partial charge in [0.2, 0.25) is 5.91 Å². The molecule has 2 unspecified atom stereocenters. The van der Waals surface area contributed by atoms with E-state index in [0.29, 0.717) is 24.4 Å². The average molecular weight is 365 g/mol. The molecule has 25 heavy (non-hydrogen) atoms. The number of hydrogen-bond donors (Lipinski definition) is 2. The molecule has 2 fully saturated rings. The van der Waals surface area contributed by atoms with Crippen LogP contribution in [0.5, 0.6) is 0 Å². The molecule has 2 saturated carbocycles. The first-order chi connectivity index (χ1) is 11.4. The largest absolute Gasteiger partial charge is 0.355 e. The van der Waals surface area contributed by atoms with E-state index in [1.807, 2.05) is 0 Å². The molecular formula is C21H33ClN2O. The van der Waals surface area contributed by atoms with Crippen molar-refractivity contribution >= 4 is 18.3 Å². The number of benzene rings is 1. The zero-order chi connectivity index (χ0) is 17.3. The number of fused-ring (bicyclic) bond motifs is 2. The van der Waals surface area contributed by atoms with Gasteiger partial charge in [-0.15, -0.1) is 12.4 Å². The minimum atomic E-state index is -0.0513. The predicted molar refractivity (Wildman–Crippen MR) is 106 cm³/mol. The summed E-state index contributed by atoms with van der Waals surface area (Å²) < 4.78 is 0. The quantitative estimate of drug-likeness (QED) is 0.849. The Morgan fingerprint density at radius 2 is 1.72 bits per heavy atom. The van der Waals surface area contributed by atoms with Crippen LogP contribution < -0.4 is 11.1 Å². The molecule has 2 aliphatic rings. The highest BCUT2D eigenvalue weighted by Gasteiger charge is 2.40. The van der Waals surface area contributed by atoms with Crippen LogP contribution in [0.1, 0.15) is 57.1 Å². The molecule has 0 saturated heterocycles. The van der Waals surface area contributed by atoms with E-state index >= 15 is 0 Å². The summed E-state index contributed by atoms with van der Waals surface area (Å²) in [5, 5.41) is 3.23. The third kappa shape index (κ3) is 4.57. The third-order valence-corrected chi connectivity index (χ3v) is 6.32. The first-order valence-corrected chi connectivity index (χ1v) is 9.47. The van der Waals surface area contributed by atoms with Crippen LogP contribution in [0.2, 0.25) is 0 Å². The maximum atomic E-state index is 12.7. The summed E-state index contributed by atoms with van der Waals surface area (Å²) in [5.41, 5.74) is 8.84. The van der Waals surface area contributed by atoms with Crippen LogP contribution in [0.3, 0.4) is 0 Å². The summed E-state index contributed by atoms with van der Waals surface area (Å²) in [4.78, 5) is 12.7. The van der Waals surface area contributed by atoms with Gasteiger partial charge in [-0.2, -0.15) is 0 Å². The van der Waals surface area contributed by atoms with E-state index in [2.05, 4.69) is 50.4 Å². The molecule has 1 aromatic rings. The first kappa shape index (κ1) is 20.3. The third-order valence-electron chi connectivity index (χ3n) is 6.32. The fourth-order valence-corrected chi connectivity index (χ4v) is 4.56. The molecule has 0 radical (unpaired) electrons. The molecule has 0 heterocycles. The molecule has 3 N–H and O–H groups in total. The van der Waals surface area contributed by atoms with Crippen molar-refractivity contribution in [2.75, 3.05) is 6.54 Å². The van der Waals surface area contributed by atoms with E-state index in [1.165, 1.54) is 30.4 Å². The lowest BCUT2D eigenvalue weighted by Crippen LogP contribution is -2.50. The Kier molecular flexibility index (Phi) is 6.56. The van der Waals surface area contributed by atoms with Gasteiger partial charge in [-0.05, 0) is 50.0 Å². The van der Waals surface area contributed by atoms with E-state index < -0.39 is 0 Å². The average Bonchev–Trinajstić information content (AvgIpc) is 2.53. The summed E-state index contributed by atoms with van der Waals surface area (Å²) in [7, 11) is 0. The van der Waals surface area contributed by atoms with Crippen LogP contribution in [0, 0.1) is 24.7 Å². The number of rotatable bonds is 4. The molecular weight excluding hydrogens is 332 g/mol. The normalized spacial score (nSPS) is 28.8. The summed E-state index contributed by atoms with van der Waals surface area (Å²) in [6.45, 7) is 7.18. The minimum absolute atomic E-state index is 0. The molecule has 140 valence electrons. The first-order valence-electron chi connectivity index (χ1n) is 9.47. The van der Waals surface area contributed by atoms with Gasteiger partial charge >= 0.3 is 0 Å². The van der Waals surface area contributed by atoms with Crippen molar-refractivity contribution in [3.63, 3.8) is 0 Å². The van der Waals surface area contributed by atoms with Gasteiger partial charge in [0.25, 0.3) is 0 Å². The molecule has 4 heteroatoms. The van der Waals surface area contributed by atoms with E-state index in [-0.39, 0.29) is 29.6 Å². The second-order valence-electron chi connectivity index (χ2n) is 8.66. The number of nitrogens with one attached hydrogen (secondary N) is 1.